The van der Waals surface area contributed by atoms with Crippen LogP contribution in [0.25, 0.3) is 0 Å². The van der Waals surface area contributed by atoms with Gasteiger partial charge in [0.05, 0.1) is 6.26 Å². The van der Waals surface area contributed by atoms with Crippen molar-refractivity contribution in [3.8, 4) is 0 Å². The summed E-state index contributed by atoms with van der Waals surface area (Å²) in [7, 11) is -5.45. The van der Waals surface area contributed by atoms with E-state index in [1.54, 1.807) is 0 Å². The highest BCUT2D eigenvalue weighted by Crippen LogP contribution is 2.35. The molecule has 0 aromatic heterocycles. The van der Waals surface area contributed by atoms with Gasteiger partial charge in [0, 0.05) is 0 Å². The molecule has 0 heterocycles. The maximum Gasteiger partial charge on any atom is 0.261 e. The molecular weight excluding hydrogens is 1080 g/mol. The summed E-state index contributed by atoms with van der Waals surface area (Å²) < 4.78 is 25.9. The van der Waals surface area contributed by atoms with Gasteiger partial charge in [0.15, 0.2) is 0 Å². The molecule has 0 spiro atoms. The molecule has 0 saturated carbocycles. The van der Waals surface area contributed by atoms with E-state index in [0.717, 1.165) is 0 Å². The van der Waals surface area contributed by atoms with E-state index in [0.29, 0.717) is 6.26 Å². The molecule has 0 aliphatic carbocycles. The zero-order valence-electron chi connectivity index (χ0n) is 45.1. The average Bonchev–Trinajstić information content (AvgIpc) is 3.53. The highest BCUT2D eigenvalue weighted by atomic mass is 32.2. The lowest BCUT2D eigenvalue weighted by Gasteiger charge is -2.18. The second-order valence-electron chi connectivity index (χ2n) is 18.1. The summed E-state index contributed by atoms with van der Waals surface area (Å²) in [4.78, 5) is 0. The molecule has 12 rings (SSSR count). The topological polar surface area (TPSA) is 54.4 Å². The Morgan fingerprint density at radius 1 is 0.185 bits per heavy atom. The molecule has 0 atom stereocenters. The van der Waals surface area contributed by atoms with Gasteiger partial charge >= 0.3 is 0 Å². The molecular formula is C73H64O3P4S. The van der Waals surface area contributed by atoms with Gasteiger partial charge in [-0.3, -0.25) is 4.55 Å². The highest BCUT2D eigenvalue weighted by molar-refractivity contribution is 7.85. The van der Waals surface area contributed by atoms with Crippen LogP contribution in [0.2, 0.25) is 0 Å². The molecule has 8 heteroatoms. The molecule has 400 valence electrons. The van der Waals surface area contributed by atoms with Gasteiger partial charge in [-0.1, -0.05) is 364 Å². The summed E-state index contributed by atoms with van der Waals surface area (Å²) in [6, 6.07) is 129. The second-order valence-corrected chi connectivity index (χ2v) is 28.4. The van der Waals surface area contributed by atoms with E-state index < -0.39 is 41.8 Å². The number of benzene rings is 12. The minimum Gasteiger partial charge on any atom is -0.286 e. The van der Waals surface area contributed by atoms with Crippen molar-refractivity contribution >= 4 is 105 Å². The lowest BCUT2D eigenvalue weighted by Crippen LogP contribution is -2.20. The van der Waals surface area contributed by atoms with Gasteiger partial charge < -0.3 is 0 Å². The molecule has 0 bridgehead atoms. The maximum absolute atomic E-state index is 9.19. The molecule has 12 aromatic rings. The third-order valence-electron chi connectivity index (χ3n) is 12.2. The average molecular weight is 1150 g/mol. The molecule has 12 aromatic carbocycles. The van der Waals surface area contributed by atoms with Crippen molar-refractivity contribution in [1.82, 2.24) is 0 Å². The van der Waals surface area contributed by atoms with Crippen molar-refractivity contribution in [2.75, 3.05) is 6.26 Å². The monoisotopic (exact) mass is 1140 g/mol. The van der Waals surface area contributed by atoms with Gasteiger partial charge in [-0.25, -0.2) is 0 Å². The molecule has 0 radical (unpaired) electrons. The quantitative estimate of drug-likeness (QED) is 0.0980. The van der Waals surface area contributed by atoms with Crippen LogP contribution < -0.4 is 63.7 Å². The SMILES string of the molecule is CS(=O)(=O)O.c1ccc(P(c2ccccc2)c2ccccc2)cc1.c1ccc(P(c2ccccc2)c2ccccc2)cc1.c1ccc(P(c2ccccc2)c2ccccc2)cc1.c1ccc(P(c2ccccc2)c2ccccc2)cc1. The number of hydrogen-bond acceptors (Lipinski definition) is 2. The van der Waals surface area contributed by atoms with E-state index in [-0.39, 0.29) is 0 Å². The lowest BCUT2D eigenvalue weighted by atomic mass is 10.4. The van der Waals surface area contributed by atoms with E-state index in [1.807, 2.05) is 0 Å². The predicted molar refractivity (Wildman–Crippen MR) is 358 cm³/mol. The fraction of sp³-hybridized carbons (Fsp3) is 0.0137. The van der Waals surface area contributed by atoms with Gasteiger partial charge in [-0.05, 0) is 95.3 Å². The van der Waals surface area contributed by atoms with E-state index in [4.69, 9.17) is 4.55 Å². The van der Waals surface area contributed by atoms with Gasteiger partial charge in [0.25, 0.3) is 10.1 Å². The zero-order valence-corrected chi connectivity index (χ0v) is 49.5. The lowest BCUT2D eigenvalue weighted by molar-refractivity contribution is 0.490. The van der Waals surface area contributed by atoms with Crippen molar-refractivity contribution in [3.05, 3.63) is 364 Å². The zero-order chi connectivity index (χ0) is 56.2. The van der Waals surface area contributed by atoms with Crippen LogP contribution >= 0.6 is 31.7 Å². The van der Waals surface area contributed by atoms with Crippen LogP contribution in [0, 0.1) is 0 Å². The van der Waals surface area contributed by atoms with Gasteiger partial charge in [0.1, 0.15) is 0 Å². The smallest absolute Gasteiger partial charge is 0.261 e. The fourth-order valence-electron chi connectivity index (χ4n) is 8.71. The standard InChI is InChI=1S/4C18H15P.CH4O3S/c4*1-4-10-16(11-5-1)19(17-12-6-2-7-13-17)18-14-8-3-9-15-18;1-5(2,3)4/h4*1-15H;1H3,(H,2,3,4). The third-order valence-corrected chi connectivity index (χ3v) is 21.9. The first kappa shape index (κ1) is 59.4. The predicted octanol–water partition coefficient (Wildman–Crippen LogP) is 13.3. The first-order valence-electron chi connectivity index (χ1n) is 26.5. The molecule has 0 fully saturated rings. The molecule has 3 nitrogen and oxygen atoms in total. The first-order chi connectivity index (χ1) is 39.8. The van der Waals surface area contributed by atoms with Crippen LogP contribution in [0.3, 0.4) is 0 Å². The van der Waals surface area contributed by atoms with Crippen LogP contribution in [0.5, 0.6) is 0 Å². The first-order valence-corrected chi connectivity index (χ1v) is 33.8. The summed E-state index contributed by atoms with van der Waals surface area (Å²) in [6.45, 7) is 0. The summed E-state index contributed by atoms with van der Waals surface area (Å²) >= 11 is 0. The maximum atomic E-state index is 9.19. The Hall–Kier alpha value is -7.73. The highest BCUT2D eigenvalue weighted by Gasteiger charge is 2.18. The van der Waals surface area contributed by atoms with E-state index in [9.17, 15) is 8.42 Å². The van der Waals surface area contributed by atoms with Crippen LogP contribution in [0.15, 0.2) is 364 Å². The Morgan fingerprint density at radius 2 is 0.247 bits per heavy atom. The van der Waals surface area contributed by atoms with Crippen molar-refractivity contribution in [2.24, 2.45) is 0 Å². The van der Waals surface area contributed by atoms with Crippen LogP contribution in [-0.2, 0) is 10.1 Å². The third kappa shape index (κ3) is 19.2. The summed E-state index contributed by atoms with van der Waals surface area (Å²) in [5.74, 6) is 0. The molecule has 0 unspecified atom stereocenters. The van der Waals surface area contributed by atoms with E-state index >= 15 is 0 Å². The number of rotatable bonds is 12. The molecule has 81 heavy (non-hydrogen) atoms. The Bertz CT molecular complexity index is 2840. The summed E-state index contributed by atoms with van der Waals surface area (Å²) in [5.41, 5.74) is 0. The molecule has 0 aliphatic heterocycles. The normalized spacial score (nSPS) is 10.6. The molecule has 0 saturated heterocycles. The minimum absolute atomic E-state index is 0.446. The van der Waals surface area contributed by atoms with Gasteiger partial charge in [-0.2, -0.15) is 8.42 Å². The Morgan fingerprint density at radius 3 is 0.309 bits per heavy atom. The Labute approximate surface area is 485 Å². The fourth-order valence-corrected chi connectivity index (χ4v) is 17.9. The molecule has 1 N–H and O–H groups in total. The van der Waals surface area contributed by atoms with Crippen LogP contribution in [0.4, 0.5) is 0 Å². The van der Waals surface area contributed by atoms with Crippen LogP contribution in [0.1, 0.15) is 0 Å². The molecule has 0 aliphatic rings. The van der Waals surface area contributed by atoms with Crippen molar-refractivity contribution in [2.45, 2.75) is 0 Å². The summed E-state index contributed by atoms with van der Waals surface area (Å²) in [5, 5.41) is 16.8. The van der Waals surface area contributed by atoms with Gasteiger partial charge in [0.2, 0.25) is 0 Å². The largest absolute Gasteiger partial charge is 0.286 e. The van der Waals surface area contributed by atoms with Crippen molar-refractivity contribution < 1.29 is 13.0 Å². The second kappa shape index (κ2) is 32.5. The Kier molecular flexibility index (Phi) is 23.8. The number of hydrogen-bond donors (Lipinski definition) is 1. The van der Waals surface area contributed by atoms with Crippen molar-refractivity contribution in [1.29, 1.82) is 0 Å². The minimum atomic E-state index is -3.67. The Balaban J connectivity index is 0.000000138. The van der Waals surface area contributed by atoms with Crippen LogP contribution in [-0.4, -0.2) is 19.2 Å². The van der Waals surface area contributed by atoms with E-state index in [1.165, 1.54) is 63.7 Å². The van der Waals surface area contributed by atoms with E-state index in [2.05, 4.69) is 364 Å². The summed E-state index contributed by atoms with van der Waals surface area (Å²) in [6.07, 6.45) is 0.715. The van der Waals surface area contributed by atoms with Crippen molar-refractivity contribution in [3.63, 3.8) is 0 Å². The molecule has 0 amide bonds. The van der Waals surface area contributed by atoms with Gasteiger partial charge in [-0.15, -0.1) is 0 Å².